The minimum atomic E-state index is -0.227. The Bertz CT molecular complexity index is 881. The van der Waals surface area contributed by atoms with E-state index in [2.05, 4.69) is 24.4 Å². The molecule has 1 aromatic carbocycles. The van der Waals surface area contributed by atoms with Crippen molar-refractivity contribution >= 4 is 28.7 Å². The first-order valence-electron chi connectivity index (χ1n) is 8.36. The van der Waals surface area contributed by atoms with Gasteiger partial charge in [0.15, 0.2) is 5.69 Å². The molecule has 3 N–H and O–H groups in total. The second kappa shape index (κ2) is 6.85. The van der Waals surface area contributed by atoms with Crippen molar-refractivity contribution in [1.29, 1.82) is 0 Å². The molecule has 0 aliphatic heterocycles. The summed E-state index contributed by atoms with van der Waals surface area (Å²) in [6.45, 7) is 0.414. The molecule has 0 unspecified atom stereocenters. The smallest absolute Gasteiger partial charge is 0.273 e. The zero-order valence-corrected chi connectivity index (χ0v) is 14.4. The molecule has 1 saturated carbocycles. The normalized spacial score (nSPS) is 20.7. The quantitative estimate of drug-likeness (QED) is 0.734. The summed E-state index contributed by atoms with van der Waals surface area (Å²) in [6, 6.07) is 6.35. The second-order valence-corrected chi connectivity index (χ2v) is 6.95. The molecule has 1 aliphatic carbocycles. The fourth-order valence-corrected chi connectivity index (χ4v) is 3.65. The zero-order valence-electron chi connectivity index (χ0n) is 13.6. The van der Waals surface area contributed by atoms with Crippen LogP contribution >= 0.6 is 11.7 Å². The van der Waals surface area contributed by atoms with Crippen molar-refractivity contribution in [3.05, 3.63) is 35.7 Å². The molecule has 2 heterocycles. The van der Waals surface area contributed by atoms with Gasteiger partial charge in [0.2, 0.25) is 0 Å². The van der Waals surface area contributed by atoms with E-state index in [4.69, 9.17) is 5.73 Å². The van der Waals surface area contributed by atoms with Gasteiger partial charge >= 0.3 is 0 Å². The van der Waals surface area contributed by atoms with Gasteiger partial charge < -0.3 is 11.1 Å². The molecule has 1 aliphatic rings. The van der Waals surface area contributed by atoms with Crippen LogP contribution in [0.2, 0.25) is 0 Å². The first kappa shape index (κ1) is 16.1. The molecule has 25 heavy (non-hydrogen) atoms. The molecule has 0 saturated heterocycles. The topological polar surface area (TPSA) is 112 Å². The van der Waals surface area contributed by atoms with Crippen LogP contribution in [0.25, 0.3) is 11.0 Å². The number of benzene rings is 1. The van der Waals surface area contributed by atoms with Crippen LogP contribution in [0.5, 0.6) is 0 Å². The van der Waals surface area contributed by atoms with Crippen LogP contribution in [-0.2, 0) is 6.54 Å². The van der Waals surface area contributed by atoms with E-state index in [1.807, 2.05) is 18.2 Å². The van der Waals surface area contributed by atoms with Gasteiger partial charge in [-0.25, -0.2) is 4.68 Å². The van der Waals surface area contributed by atoms with Crippen molar-refractivity contribution in [3.8, 4) is 0 Å². The van der Waals surface area contributed by atoms with Crippen LogP contribution in [0.3, 0.4) is 0 Å². The van der Waals surface area contributed by atoms with Gasteiger partial charge in [-0.1, -0.05) is 11.3 Å². The first-order valence-corrected chi connectivity index (χ1v) is 9.09. The minimum absolute atomic E-state index is 0.227. The van der Waals surface area contributed by atoms with Crippen molar-refractivity contribution in [2.24, 2.45) is 5.73 Å². The third-order valence-electron chi connectivity index (χ3n) is 4.63. The third kappa shape index (κ3) is 3.52. The lowest BCUT2D eigenvalue weighted by molar-refractivity contribution is 0.0946. The van der Waals surface area contributed by atoms with E-state index in [-0.39, 0.29) is 18.0 Å². The van der Waals surface area contributed by atoms with Crippen LogP contribution in [0, 0.1) is 0 Å². The van der Waals surface area contributed by atoms with Gasteiger partial charge in [0, 0.05) is 12.6 Å². The Kier molecular flexibility index (Phi) is 4.41. The van der Waals surface area contributed by atoms with Gasteiger partial charge in [0.1, 0.15) is 11.0 Å². The minimum Gasteiger partial charge on any atom is -0.347 e. The average molecular weight is 357 g/mol. The maximum absolute atomic E-state index is 12.3. The monoisotopic (exact) mass is 357 g/mol. The summed E-state index contributed by atoms with van der Waals surface area (Å²) in [5.74, 6) is -0.227. The van der Waals surface area contributed by atoms with E-state index in [9.17, 15) is 4.79 Å². The van der Waals surface area contributed by atoms with Gasteiger partial charge in [0.05, 0.1) is 24.0 Å². The van der Waals surface area contributed by atoms with Crippen molar-refractivity contribution in [3.63, 3.8) is 0 Å². The Morgan fingerprint density at radius 2 is 2.04 bits per heavy atom. The number of rotatable bonds is 4. The highest BCUT2D eigenvalue weighted by Crippen LogP contribution is 2.26. The van der Waals surface area contributed by atoms with E-state index in [0.29, 0.717) is 12.2 Å². The number of fused-ring (bicyclic) bond motifs is 1. The van der Waals surface area contributed by atoms with Crippen molar-refractivity contribution in [2.75, 3.05) is 0 Å². The van der Waals surface area contributed by atoms with Gasteiger partial charge in [-0.05, 0) is 43.4 Å². The van der Waals surface area contributed by atoms with Crippen LogP contribution in [-0.4, -0.2) is 35.7 Å². The van der Waals surface area contributed by atoms with Crippen LogP contribution in [0.1, 0.15) is 47.8 Å². The molecule has 8 nitrogen and oxygen atoms in total. The van der Waals surface area contributed by atoms with Crippen molar-refractivity contribution in [1.82, 2.24) is 29.1 Å². The molecular formula is C16H19N7OS. The summed E-state index contributed by atoms with van der Waals surface area (Å²) in [7, 11) is 0. The zero-order chi connectivity index (χ0) is 17.2. The predicted octanol–water partition coefficient (Wildman–Crippen LogP) is 1.66. The summed E-state index contributed by atoms with van der Waals surface area (Å²) < 4.78 is 10.2. The molecular weight excluding hydrogens is 338 g/mol. The van der Waals surface area contributed by atoms with Gasteiger partial charge in [-0.3, -0.25) is 4.79 Å². The number of hydrogen-bond acceptors (Lipinski definition) is 7. The SMILES string of the molecule is NC1CCC(n2cc(C(=O)NCc3ccc4nsnc4c3)nn2)CC1. The molecule has 4 rings (SSSR count). The fourth-order valence-electron chi connectivity index (χ4n) is 3.14. The van der Waals surface area contributed by atoms with Gasteiger partial charge in [0.25, 0.3) is 5.91 Å². The first-order chi connectivity index (χ1) is 12.2. The maximum Gasteiger partial charge on any atom is 0.273 e. The summed E-state index contributed by atoms with van der Waals surface area (Å²) in [5, 5.41) is 11.0. The highest BCUT2D eigenvalue weighted by molar-refractivity contribution is 7.00. The lowest BCUT2D eigenvalue weighted by atomic mass is 9.92. The summed E-state index contributed by atoms with van der Waals surface area (Å²) in [6.07, 6.45) is 5.66. The average Bonchev–Trinajstić information content (AvgIpc) is 3.29. The number of carbonyl (C=O) groups excluding carboxylic acids is 1. The Labute approximate surface area is 148 Å². The summed E-state index contributed by atoms with van der Waals surface area (Å²) in [4.78, 5) is 12.3. The van der Waals surface area contributed by atoms with E-state index in [1.54, 1.807) is 10.9 Å². The van der Waals surface area contributed by atoms with E-state index in [1.165, 1.54) is 11.7 Å². The van der Waals surface area contributed by atoms with Crippen LogP contribution < -0.4 is 11.1 Å². The predicted molar refractivity (Wildman–Crippen MR) is 94.1 cm³/mol. The van der Waals surface area contributed by atoms with Crippen LogP contribution in [0.15, 0.2) is 24.4 Å². The molecule has 1 fully saturated rings. The molecule has 2 aromatic heterocycles. The van der Waals surface area contributed by atoms with E-state index in [0.717, 1.165) is 42.3 Å². The highest BCUT2D eigenvalue weighted by Gasteiger charge is 2.22. The van der Waals surface area contributed by atoms with Crippen LogP contribution in [0.4, 0.5) is 0 Å². The number of amides is 1. The molecule has 1 amide bonds. The number of hydrogen-bond donors (Lipinski definition) is 2. The van der Waals surface area contributed by atoms with Crippen molar-refractivity contribution < 1.29 is 4.79 Å². The molecule has 0 radical (unpaired) electrons. The van der Waals surface area contributed by atoms with E-state index >= 15 is 0 Å². The third-order valence-corrected chi connectivity index (χ3v) is 5.19. The molecule has 0 spiro atoms. The van der Waals surface area contributed by atoms with Gasteiger partial charge in [-0.15, -0.1) is 5.10 Å². The standard InChI is InChI=1S/C16H19N7OS/c17-11-2-4-12(5-3-11)23-9-15(19-22-23)16(24)18-8-10-1-6-13-14(7-10)21-25-20-13/h1,6-7,9,11-12H,2-5,8,17H2,(H,18,24). The Morgan fingerprint density at radius 3 is 2.88 bits per heavy atom. The summed E-state index contributed by atoms with van der Waals surface area (Å²) >= 11 is 1.18. The lowest BCUT2D eigenvalue weighted by Crippen LogP contribution is -2.28. The van der Waals surface area contributed by atoms with Crippen molar-refractivity contribution in [2.45, 2.75) is 44.3 Å². The Hall–Kier alpha value is -2.39. The molecule has 0 bridgehead atoms. The highest BCUT2D eigenvalue weighted by atomic mass is 32.1. The Balaban J connectivity index is 1.38. The lowest BCUT2D eigenvalue weighted by Gasteiger charge is -2.25. The number of nitrogens with zero attached hydrogens (tertiary/aromatic N) is 5. The number of nitrogens with one attached hydrogen (secondary N) is 1. The molecule has 0 atom stereocenters. The second-order valence-electron chi connectivity index (χ2n) is 6.42. The summed E-state index contributed by atoms with van der Waals surface area (Å²) in [5.41, 5.74) is 8.96. The van der Waals surface area contributed by atoms with E-state index < -0.39 is 0 Å². The Morgan fingerprint density at radius 1 is 1.24 bits per heavy atom. The number of carbonyl (C=O) groups is 1. The number of nitrogens with two attached hydrogens (primary N) is 1. The molecule has 130 valence electrons. The fraction of sp³-hybridized carbons (Fsp3) is 0.438. The molecule has 9 heteroatoms. The largest absolute Gasteiger partial charge is 0.347 e. The molecule has 3 aromatic rings. The maximum atomic E-state index is 12.3. The number of aromatic nitrogens is 5. The van der Waals surface area contributed by atoms with Gasteiger partial charge in [-0.2, -0.15) is 8.75 Å².